The smallest absolute Gasteiger partial charge is 0.188 e. The van der Waals surface area contributed by atoms with Gasteiger partial charge < -0.3 is 15.8 Å². The highest BCUT2D eigenvalue weighted by atomic mass is 16.5. The maximum atomic E-state index is 5.82. The molecule has 4 nitrogen and oxygen atoms in total. The molecule has 0 amide bonds. The van der Waals surface area contributed by atoms with Crippen LogP contribution in [0.25, 0.3) is 0 Å². The summed E-state index contributed by atoms with van der Waals surface area (Å²) in [6.45, 7) is 11.2. The van der Waals surface area contributed by atoms with Gasteiger partial charge in [-0.15, -0.1) is 0 Å². The number of ether oxygens (including phenoxy) is 1. The molecule has 1 rings (SSSR count). The second-order valence-electron chi connectivity index (χ2n) is 4.98. The fourth-order valence-electron chi connectivity index (χ4n) is 1.98. The van der Waals surface area contributed by atoms with Crippen LogP contribution in [0.3, 0.4) is 0 Å². The van der Waals surface area contributed by atoms with Crippen LogP contribution in [0.1, 0.15) is 33.1 Å². The quantitative estimate of drug-likeness (QED) is 0.436. The number of nitrogens with one attached hydrogen (secondary N) is 1. The molecule has 0 aromatic heterocycles. The molecule has 98 valence electrons. The van der Waals surface area contributed by atoms with Crippen molar-refractivity contribution < 1.29 is 4.74 Å². The van der Waals surface area contributed by atoms with Crippen molar-refractivity contribution in [3.05, 3.63) is 12.2 Å². The number of aliphatic imine (C=N–C) groups is 1. The molecule has 0 bridgehead atoms. The average Bonchev–Trinajstić information content (AvgIpc) is 2.35. The lowest BCUT2D eigenvalue weighted by molar-refractivity contribution is 0.0173. The molecule has 17 heavy (non-hydrogen) atoms. The second kappa shape index (κ2) is 6.64. The number of nitrogens with two attached hydrogens (primary N) is 1. The van der Waals surface area contributed by atoms with E-state index in [1.807, 2.05) is 6.92 Å². The van der Waals surface area contributed by atoms with E-state index in [4.69, 9.17) is 10.5 Å². The second-order valence-corrected chi connectivity index (χ2v) is 4.98. The fourth-order valence-corrected chi connectivity index (χ4v) is 1.98. The van der Waals surface area contributed by atoms with Gasteiger partial charge >= 0.3 is 0 Å². The molecule has 1 aliphatic heterocycles. The molecule has 1 heterocycles. The van der Waals surface area contributed by atoms with E-state index < -0.39 is 0 Å². The summed E-state index contributed by atoms with van der Waals surface area (Å²) < 4.78 is 5.41. The van der Waals surface area contributed by atoms with Gasteiger partial charge in [0.2, 0.25) is 0 Å². The summed E-state index contributed by atoms with van der Waals surface area (Å²) in [7, 11) is 0. The molecule has 3 N–H and O–H groups in total. The van der Waals surface area contributed by atoms with E-state index in [0.29, 0.717) is 12.5 Å². The van der Waals surface area contributed by atoms with Gasteiger partial charge in [0.1, 0.15) is 0 Å². The molecule has 0 radical (unpaired) electrons. The summed E-state index contributed by atoms with van der Waals surface area (Å²) in [6.07, 6.45) is 3.30. The highest BCUT2D eigenvalue weighted by molar-refractivity contribution is 5.78. The molecule has 0 spiro atoms. The minimum absolute atomic E-state index is 0.285. The van der Waals surface area contributed by atoms with Gasteiger partial charge in [-0.1, -0.05) is 19.1 Å². The van der Waals surface area contributed by atoms with Crippen LogP contribution in [0.15, 0.2) is 17.1 Å². The van der Waals surface area contributed by atoms with Crippen molar-refractivity contribution >= 4 is 5.96 Å². The van der Waals surface area contributed by atoms with Gasteiger partial charge in [-0.05, 0) is 31.6 Å². The zero-order chi connectivity index (χ0) is 12.7. The summed E-state index contributed by atoms with van der Waals surface area (Å²) >= 11 is 0. The summed E-state index contributed by atoms with van der Waals surface area (Å²) in [4.78, 5) is 4.45. The third-order valence-electron chi connectivity index (χ3n) is 3.46. The van der Waals surface area contributed by atoms with Crippen molar-refractivity contribution in [2.75, 3.05) is 26.3 Å². The van der Waals surface area contributed by atoms with E-state index in [0.717, 1.165) is 44.6 Å². The Bertz CT molecular complexity index is 280. The van der Waals surface area contributed by atoms with E-state index >= 15 is 0 Å². The highest BCUT2D eigenvalue weighted by Gasteiger charge is 2.30. The van der Waals surface area contributed by atoms with Crippen LogP contribution in [-0.2, 0) is 4.74 Å². The normalized spacial score (nSPS) is 20.0. The number of nitrogens with zero attached hydrogens (tertiary/aromatic N) is 1. The lowest BCUT2D eigenvalue weighted by Gasteiger charge is -2.35. The summed E-state index contributed by atoms with van der Waals surface area (Å²) in [6, 6.07) is 0. The molecular weight excluding hydrogens is 214 g/mol. The predicted octanol–water partition coefficient (Wildman–Crippen LogP) is 1.67. The molecule has 1 saturated heterocycles. The van der Waals surface area contributed by atoms with Crippen molar-refractivity contribution in [3.8, 4) is 0 Å². The van der Waals surface area contributed by atoms with Crippen LogP contribution in [-0.4, -0.2) is 32.3 Å². The van der Waals surface area contributed by atoms with Gasteiger partial charge in [0.15, 0.2) is 5.96 Å². The van der Waals surface area contributed by atoms with Crippen molar-refractivity contribution in [1.82, 2.24) is 5.32 Å². The van der Waals surface area contributed by atoms with E-state index in [2.05, 4.69) is 23.8 Å². The van der Waals surface area contributed by atoms with Gasteiger partial charge in [0.25, 0.3) is 0 Å². The number of hydrogen-bond acceptors (Lipinski definition) is 2. The van der Waals surface area contributed by atoms with E-state index in [1.165, 1.54) is 0 Å². The number of hydrogen-bond donors (Lipinski definition) is 2. The number of guanidine groups is 1. The van der Waals surface area contributed by atoms with Crippen molar-refractivity contribution in [2.24, 2.45) is 16.1 Å². The van der Waals surface area contributed by atoms with E-state index in [1.54, 1.807) is 0 Å². The first-order chi connectivity index (χ1) is 8.08. The minimum atomic E-state index is 0.285. The molecule has 0 unspecified atom stereocenters. The molecule has 4 heteroatoms. The molecule has 1 fully saturated rings. The predicted molar refractivity (Wildman–Crippen MR) is 72.1 cm³/mol. The average molecular weight is 239 g/mol. The van der Waals surface area contributed by atoms with Crippen molar-refractivity contribution in [3.63, 3.8) is 0 Å². The highest BCUT2D eigenvalue weighted by Crippen LogP contribution is 2.34. The molecule has 0 aliphatic carbocycles. The van der Waals surface area contributed by atoms with Crippen molar-refractivity contribution in [2.45, 2.75) is 33.1 Å². The molecule has 0 aromatic rings. The van der Waals surface area contributed by atoms with Crippen LogP contribution in [0, 0.1) is 5.41 Å². The zero-order valence-electron chi connectivity index (χ0n) is 11.1. The van der Waals surface area contributed by atoms with Gasteiger partial charge in [-0.3, -0.25) is 4.99 Å². The Morgan fingerprint density at radius 2 is 2.12 bits per heavy atom. The van der Waals surface area contributed by atoms with E-state index in [9.17, 15) is 0 Å². The minimum Gasteiger partial charge on any atom is -0.381 e. The van der Waals surface area contributed by atoms with Gasteiger partial charge in [0.05, 0.1) is 0 Å². The van der Waals surface area contributed by atoms with Gasteiger partial charge in [0, 0.05) is 26.3 Å². The third kappa shape index (κ3) is 4.77. The number of rotatable bonds is 5. The van der Waals surface area contributed by atoms with Crippen LogP contribution >= 0.6 is 0 Å². The lowest BCUT2D eigenvalue weighted by atomic mass is 9.78. The monoisotopic (exact) mass is 239 g/mol. The Morgan fingerprint density at radius 3 is 2.65 bits per heavy atom. The first kappa shape index (κ1) is 14.0. The molecular formula is C13H25N3O. The Kier molecular flexibility index (Phi) is 5.48. The van der Waals surface area contributed by atoms with Crippen LogP contribution < -0.4 is 11.1 Å². The summed E-state index contributed by atoms with van der Waals surface area (Å²) in [5.74, 6) is 0.521. The molecule has 0 saturated carbocycles. The first-order valence-electron chi connectivity index (χ1n) is 6.34. The Balaban J connectivity index is 2.44. The lowest BCUT2D eigenvalue weighted by Crippen LogP contribution is -2.36. The first-order valence-corrected chi connectivity index (χ1v) is 6.34. The van der Waals surface area contributed by atoms with Gasteiger partial charge in [-0.25, -0.2) is 0 Å². The largest absolute Gasteiger partial charge is 0.381 e. The fraction of sp³-hybridized carbons (Fsp3) is 0.769. The Labute approximate surface area is 104 Å². The van der Waals surface area contributed by atoms with Crippen LogP contribution in [0.5, 0.6) is 0 Å². The SMILES string of the molecule is C=C(C)CNC(N)=NCC1(CC)CCOCC1. The van der Waals surface area contributed by atoms with Gasteiger partial charge in [-0.2, -0.15) is 0 Å². The maximum absolute atomic E-state index is 5.82. The Hall–Kier alpha value is -1.03. The van der Waals surface area contributed by atoms with Crippen LogP contribution in [0.4, 0.5) is 0 Å². The standard InChI is InChI=1S/C13H25N3O/c1-4-13(5-7-17-8-6-13)10-16-12(14)15-9-11(2)3/h2,4-10H2,1,3H3,(H3,14,15,16). The molecule has 0 atom stereocenters. The van der Waals surface area contributed by atoms with Crippen molar-refractivity contribution in [1.29, 1.82) is 0 Å². The van der Waals surface area contributed by atoms with Crippen LogP contribution in [0.2, 0.25) is 0 Å². The topological polar surface area (TPSA) is 59.6 Å². The molecule has 0 aromatic carbocycles. The maximum Gasteiger partial charge on any atom is 0.188 e. The Morgan fingerprint density at radius 1 is 1.47 bits per heavy atom. The summed E-state index contributed by atoms with van der Waals surface area (Å²) in [5, 5.41) is 3.06. The summed E-state index contributed by atoms with van der Waals surface area (Å²) in [5.41, 5.74) is 7.16. The molecule has 1 aliphatic rings. The zero-order valence-corrected chi connectivity index (χ0v) is 11.1. The third-order valence-corrected chi connectivity index (χ3v) is 3.46. The van der Waals surface area contributed by atoms with E-state index in [-0.39, 0.29) is 5.41 Å².